The SMILES string of the molecule is COc1ccc(N2C(=O)[C@@H]3[C@H](C2=O)[C@@H]2c4ccccc4C=NN2[C@@H]3C(=O)c2ccc(Cl)cc2)cc1. The van der Waals surface area contributed by atoms with Crippen LogP contribution in [0.15, 0.2) is 77.9 Å². The Morgan fingerprint density at radius 3 is 2.31 bits per heavy atom. The number of ether oxygens (including phenoxy) is 1. The van der Waals surface area contributed by atoms with Gasteiger partial charge in [0.2, 0.25) is 11.8 Å². The van der Waals surface area contributed by atoms with Crippen molar-refractivity contribution < 1.29 is 19.1 Å². The normalized spacial score (nSPS) is 24.3. The first-order chi connectivity index (χ1) is 17.0. The largest absolute Gasteiger partial charge is 0.497 e. The molecule has 0 aromatic heterocycles. The van der Waals surface area contributed by atoms with Crippen LogP contribution in [0.1, 0.15) is 27.5 Å². The molecule has 8 heteroatoms. The first kappa shape index (κ1) is 21.6. The molecule has 0 unspecified atom stereocenters. The van der Waals surface area contributed by atoms with E-state index in [4.69, 9.17) is 16.3 Å². The summed E-state index contributed by atoms with van der Waals surface area (Å²) in [4.78, 5) is 42.7. The van der Waals surface area contributed by atoms with Crippen molar-refractivity contribution in [2.45, 2.75) is 12.1 Å². The number of halogens is 1. The zero-order chi connectivity index (χ0) is 24.3. The molecule has 3 heterocycles. The molecule has 3 aromatic carbocycles. The Labute approximate surface area is 206 Å². The molecule has 0 N–H and O–H groups in total. The Kier molecular flexibility index (Phi) is 4.96. The molecule has 3 aliphatic heterocycles. The van der Waals surface area contributed by atoms with Gasteiger partial charge in [0.15, 0.2) is 5.78 Å². The van der Waals surface area contributed by atoms with E-state index in [0.717, 1.165) is 11.1 Å². The summed E-state index contributed by atoms with van der Waals surface area (Å²) < 4.78 is 5.21. The fraction of sp³-hybridized carbons (Fsp3) is 0.185. The summed E-state index contributed by atoms with van der Waals surface area (Å²) >= 11 is 6.02. The van der Waals surface area contributed by atoms with E-state index < -0.39 is 29.8 Å². The van der Waals surface area contributed by atoms with E-state index >= 15 is 0 Å². The molecule has 0 bridgehead atoms. The summed E-state index contributed by atoms with van der Waals surface area (Å²) in [7, 11) is 1.55. The van der Waals surface area contributed by atoms with Crippen LogP contribution in [0.3, 0.4) is 0 Å². The van der Waals surface area contributed by atoms with Gasteiger partial charge in [0.05, 0.1) is 36.9 Å². The van der Waals surface area contributed by atoms with Crippen molar-refractivity contribution >= 4 is 41.1 Å². The van der Waals surface area contributed by atoms with Gasteiger partial charge >= 0.3 is 0 Å². The minimum atomic E-state index is -0.921. The van der Waals surface area contributed by atoms with Gasteiger partial charge in [-0.25, -0.2) is 4.90 Å². The van der Waals surface area contributed by atoms with Crippen molar-refractivity contribution in [1.82, 2.24) is 5.01 Å². The maximum atomic E-state index is 13.8. The summed E-state index contributed by atoms with van der Waals surface area (Å²) in [6.07, 6.45) is 1.69. The summed E-state index contributed by atoms with van der Waals surface area (Å²) in [5, 5.41) is 6.73. The molecule has 7 nitrogen and oxygen atoms in total. The van der Waals surface area contributed by atoms with Crippen LogP contribution in [-0.2, 0) is 9.59 Å². The molecule has 6 rings (SSSR count). The molecule has 0 spiro atoms. The number of amides is 2. The van der Waals surface area contributed by atoms with E-state index in [1.807, 2.05) is 24.3 Å². The van der Waals surface area contributed by atoms with Crippen molar-refractivity contribution in [1.29, 1.82) is 0 Å². The third kappa shape index (κ3) is 3.19. The van der Waals surface area contributed by atoms with Crippen molar-refractivity contribution in [3.8, 4) is 5.75 Å². The number of methoxy groups -OCH3 is 1. The zero-order valence-corrected chi connectivity index (χ0v) is 19.4. The molecule has 2 saturated heterocycles. The number of carbonyl (C=O) groups excluding carboxylic acids is 3. The summed E-state index contributed by atoms with van der Waals surface area (Å²) in [6.45, 7) is 0. The van der Waals surface area contributed by atoms with Crippen LogP contribution in [0.2, 0.25) is 5.02 Å². The van der Waals surface area contributed by atoms with E-state index in [1.54, 1.807) is 66.9 Å². The first-order valence-corrected chi connectivity index (χ1v) is 11.6. The second-order valence-corrected chi connectivity index (χ2v) is 9.21. The summed E-state index contributed by atoms with van der Waals surface area (Å²) in [6, 6.07) is 19.5. The number of rotatable bonds is 4. The van der Waals surface area contributed by atoms with Gasteiger partial charge in [-0.2, -0.15) is 5.10 Å². The van der Waals surface area contributed by atoms with E-state index in [1.165, 1.54) is 4.90 Å². The molecule has 3 aromatic rings. The fourth-order valence-electron chi connectivity index (χ4n) is 5.44. The quantitative estimate of drug-likeness (QED) is 0.410. The summed E-state index contributed by atoms with van der Waals surface area (Å²) in [5.41, 5.74) is 2.61. The number of imide groups is 1. The van der Waals surface area contributed by atoms with Gasteiger partial charge in [0, 0.05) is 10.6 Å². The predicted molar refractivity (Wildman–Crippen MR) is 131 cm³/mol. The lowest BCUT2D eigenvalue weighted by atomic mass is 9.83. The Bertz CT molecular complexity index is 1390. The summed E-state index contributed by atoms with van der Waals surface area (Å²) in [5.74, 6) is -2.01. The third-order valence-electron chi connectivity index (χ3n) is 7.02. The monoisotopic (exact) mass is 485 g/mol. The van der Waals surface area contributed by atoms with E-state index in [0.29, 0.717) is 22.0 Å². The van der Waals surface area contributed by atoms with Crippen LogP contribution in [0.5, 0.6) is 5.75 Å². The minimum absolute atomic E-state index is 0.270. The lowest BCUT2D eigenvalue weighted by molar-refractivity contribution is -0.124. The fourth-order valence-corrected chi connectivity index (χ4v) is 5.57. The van der Waals surface area contributed by atoms with Gasteiger partial charge < -0.3 is 4.74 Å². The van der Waals surface area contributed by atoms with Gasteiger partial charge in [-0.05, 0) is 59.7 Å². The number of benzene rings is 3. The smallest absolute Gasteiger partial charge is 0.240 e. The number of Topliss-reactive ketones (excluding diaryl/α,β-unsaturated/α-hetero) is 1. The van der Waals surface area contributed by atoms with Crippen LogP contribution in [0.4, 0.5) is 5.69 Å². The molecule has 2 fully saturated rings. The van der Waals surface area contributed by atoms with Crippen LogP contribution < -0.4 is 9.64 Å². The lowest BCUT2D eigenvalue weighted by Gasteiger charge is -2.33. The number of hydrogen-bond donors (Lipinski definition) is 0. The average Bonchev–Trinajstić information content (AvgIpc) is 3.36. The number of anilines is 1. The molecule has 0 radical (unpaired) electrons. The molecule has 35 heavy (non-hydrogen) atoms. The van der Waals surface area contributed by atoms with Crippen LogP contribution >= 0.6 is 11.6 Å². The highest BCUT2D eigenvalue weighted by Crippen LogP contribution is 2.53. The van der Waals surface area contributed by atoms with Crippen LogP contribution in [-0.4, -0.2) is 42.0 Å². The van der Waals surface area contributed by atoms with Gasteiger partial charge in [-0.15, -0.1) is 0 Å². The van der Waals surface area contributed by atoms with Crippen molar-refractivity contribution in [3.05, 3.63) is 94.5 Å². The zero-order valence-electron chi connectivity index (χ0n) is 18.7. The van der Waals surface area contributed by atoms with Crippen molar-refractivity contribution in [3.63, 3.8) is 0 Å². The van der Waals surface area contributed by atoms with E-state index in [9.17, 15) is 14.4 Å². The second-order valence-electron chi connectivity index (χ2n) is 8.78. The van der Waals surface area contributed by atoms with Gasteiger partial charge in [-0.1, -0.05) is 35.9 Å². The Morgan fingerprint density at radius 1 is 0.914 bits per heavy atom. The highest BCUT2D eigenvalue weighted by atomic mass is 35.5. The Balaban J connectivity index is 1.47. The molecule has 4 atom stereocenters. The number of ketones is 1. The average molecular weight is 486 g/mol. The highest BCUT2D eigenvalue weighted by molar-refractivity contribution is 6.30. The number of carbonyl (C=O) groups is 3. The van der Waals surface area contributed by atoms with Gasteiger partial charge in [0.1, 0.15) is 11.8 Å². The molecule has 0 aliphatic carbocycles. The van der Waals surface area contributed by atoms with Gasteiger partial charge in [0.25, 0.3) is 0 Å². The second kappa shape index (κ2) is 8.06. The molecular weight excluding hydrogens is 466 g/mol. The standard InChI is InChI=1S/C27H20ClN3O4/c1-35-19-12-10-18(11-13-19)30-26(33)21-22(27(30)34)24(25(32)15-6-8-17(28)9-7-15)31-23(21)20-5-3-2-4-16(20)14-29-31/h2-14,21-24H,1H3/t21-,22+,23-,24-/m0/s1. The molecule has 2 amide bonds. The third-order valence-corrected chi connectivity index (χ3v) is 7.27. The van der Waals surface area contributed by atoms with E-state index in [-0.39, 0.29) is 11.7 Å². The minimum Gasteiger partial charge on any atom is -0.497 e. The molecule has 174 valence electrons. The maximum Gasteiger partial charge on any atom is 0.240 e. The topological polar surface area (TPSA) is 79.3 Å². The maximum absolute atomic E-state index is 13.8. The van der Waals surface area contributed by atoms with Gasteiger partial charge in [-0.3, -0.25) is 19.4 Å². The number of nitrogens with zero attached hydrogens (tertiary/aromatic N) is 3. The Hall–Kier alpha value is -3.97. The van der Waals surface area contributed by atoms with Crippen molar-refractivity contribution in [2.24, 2.45) is 16.9 Å². The van der Waals surface area contributed by atoms with E-state index in [2.05, 4.69) is 5.10 Å². The highest BCUT2D eigenvalue weighted by Gasteiger charge is 2.65. The number of fused-ring (bicyclic) bond motifs is 5. The van der Waals surface area contributed by atoms with Crippen LogP contribution in [0.25, 0.3) is 0 Å². The molecule has 3 aliphatic rings. The predicted octanol–water partition coefficient (Wildman–Crippen LogP) is 4.11. The Morgan fingerprint density at radius 2 is 1.60 bits per heavy atom. The van der Waals surface area contributed by atoms with Crippen LogP contribution in [0, 0.1) is 11.8 Å². The first-order valence-electron chi connectivity index (χ1n) is 11.2. The molecular formula is C27H20ClN3O4. The lowest BCUT2D eigenvalue weighted by Crippen LogP contribution is -2.44. The number of hydrazone groups is 1. The van der Waals surface area contributed by atoms with Crippen molar-refractivity contribution in [2.75, 3.05) is 12.0 Å². The molecule has 0 saturated carbocycles. The number of hydrogen-bond acceptors (Lipinski definition) is 6.